The Kier molecular flexibility index (Phi) is 2.50. The van der Waals surface area contributed by atoms with Gasteiger partial charge in [-0.3, -0.25) is 0 Å². The molecule has 1 fully saturated rings. The number of aliphatic hydroxyl groups is 1. The maximum absolute atomic E-state index is 8.97. The van der Waals surface area contributed by atoms with E-state index < -0.39 is 0 Å². The van der Waals surface area contributed by atoms with Gasteiger partial charge in [0, 0.05) is 12.5 Å². The van der Waals surface area contributed by atoms with Crippen molar-refractivity contribution < 1.29 is 5.11 Å². The van der Waals surface area contributed by atoms with Crippen LogP contribution in [-0.2, 0) is 0 Å². The summed E-state index contributed by atoms with van der Waals surface area (Å²) in [5.41, 5.74) is 1.15. The third kappa shape index (κ3) is 1.40. The van der Waals surface area contributed by atoms with Gasteiger partial charge in [0.05, 0.1) is 0 Å². The van der Waals surface area contributed by atoms with Crippen LogP contribution < -0.4 is 0 Å². The molecule has 0 bridgehead atoms. The molecule has 0 saturated heterocycles. The van der Waals surface area contributed by atoms with Crippen LogP contribution in [0.5, 0.6) is 0 Å². The average Bonchev–Trinajstić information content (AvgIpc) is 1.76. The molecule has 1 aliphatic rings. The molecule has 1 rings (SSSR count). The first-order chi connectivity index (χ1) is 4.75. The number of aliphatic hydroxyl groups excluding tert-OH is 1. The summed E-state index contributed by atoms with van der Waals surface area (Å²) >= 11 is 0. The fourth-order valence-corrected chi connectivity index (χ4v) is 1.55. The van der Waals surface area contributed by atoms with Gasteiger partial charge in [-0.15, -0.1) is 0 Å². The van der Waals surface area contributed by atoms with E-state index in [1.54, 1.807) is 0 Å². The van der Waals surface area contributed by atoms with Crippen LogP contribution in [0.4, 0.5) is 0 Å². The second-order valence-corrected chi connectivity index (χ2v) is 3.33. The van der Waals surface area contributed by atoms with Crippen LogP contribution >= 0.6 is 0 Å². The van der Waals surface area contributed by atoms with Crippen LogP contribution in [0, 0.1) is 11.8 Å². The minimum atomic E-state index is 0.292. The molecule has 1 saturated carbocycles. The van der Waals surface area contributed by atoms with Gasteiger partial charge in [-0.1, -0.05) is 18.6 Å². The Morgan fingerprint density at radius 2 is 2.30 bits per heavy atom. The Balaban J connectivity index is 2.39. The standard InChI is InChI=1S/C9H16O/c1-7(2)9(6-10)8-4-3-5-8/h8-10H,1,3-6H2,2H3. The van der Waals surface area contributed by atoms with Crippen LogP contribution in [0.3, 0.4) is 0 Å². The predicted octanol–water partition coefficient (Wildman–Crippen LogP) is 1.97. The molecule has 0 amide bonds. The van der Waals surface area contributed by atoms with E-state index in [9.17, 15) is 0 Å². The summed E-state index contributed by atoms with van der Waals surface area (Å²) in [6, 6.07) is 0. The molecule has 1 atom stereocenters. The summed E-state index contributed by atoms with van der Waals surface area (Å²) in [7, 11) is 0. The first-order valence-electron chi connectivity index (χ1n) is 4.02. The van der Waals surface area contributed by atoms with E-state index in [4.69, 9.17) is 5.11 Å². The fourth-order valence-electron chi connectivity index (χ4n) is 1.55. The quantitative estimate of drug-likeness (QED) is 0.594. The van der Waals surface area contributed by atoms with E-state index >= 15 is 0 Å². The molecule has 0 aromatic rings. The fraction of sp³-hybridized carbons (Fsp3) is 0.778. The van der Waals surface area contributed by atoms with Crippen molar-refractivity contribution >= 4 is 0 Å². The Labute approximate surface area is 62.8 Å². The Bertz CT molecular complexity index is 125. The zero-order valence-electron chi connectivity index (χ0n) is 6.64. The topological polar surface area (TPSA) is 20.2 Å². The van der Waals surface area contributed by atoms with Gasteiger partial charge in [-0.25, -0.2) is 0 Å². The second kappa shape index (κ2) is 3.20. The molecule has 0 heterocycles. The smallest absolute Gasteiger partial charge is 0.0498 e. The van der Waals surface area contributed by atoms with Gasteiger partial charge in [-0.05, 0) is 25.7 Å². The summed E-state index contributed by atoms with van der Waals surface area (Å²) in [6.07, 6.45) is 3.92. The van der Waals surface area contributed by atoms with E-state index in [0.29, 0.717) is 12.5 Å². The normalized spacial score (nSPS) is 21.8. The Morgan fingerprint density at radius 3 is 2.40 bits per heavy atom. The van der Waals surface area contributed by atoms with Crippen molar-refractivity contribution in [3.63, 3.8) is 0 Å². The number of rotatable bonds is 3. The van der Waals surface area contributed by atoms with Crippen molar-refractivity contribution in [2.75, 3.05) is 6.61 Å². The van der Waals surface area contributed by atoms with E-state index in [0.717, 1.165) is 11.5 Å². The molecule has 0 aromatic heterocycles. The average molecular weight is 140 g/mol. The Morgan fingerprint density at radius 1 is 1.70 bits per heavy atom. The molecule has 1 nitrogen and oxygen atoms in total. The van der Waals surface area contributed by atoms with Gasteiger partial charge < -0.3 is 5.11 Å². The lowest BCUT2D eigenvalue weighted by molar-refractivity contribution is 0.148. The molecule has 0 spiro atoms. The van der Waals surface area contributed by atoms with Crippen LogP contribution in [0.25, 0.3) is 0 Å². The molecule has 1 heteroatoms. The van der Waals surface area contributed by atoms with E-state index in [2.05, 4.69) is 6.58 Å². The molecular weight excluding hydrogens is 124 g/mol. The lowest BCUT2D eigenvalue weighted by Gasteiger charge is -2.32. The maximum Gasteiger partial charge on any atom is 0.0498 e. The molecule has 0 radical (unpaired) electrons. The van der Waals surface area contributed by atoms with Gasteiger partial charge >= 0.3 is 0 Å². The highest BCUT2D eigenvalue weighted by molar-refractivity contribution is 5.00. The monoisotopic (exact) mass is 140 g/mol. The van der Waals surface area contributed by atoms with Gasteiger partial charge in [0.25, 0.3) is 0 Å². The summed E-state index contributed by atoms with van der Waals surface area (Å²) in [5.74, 6) is 1.12. The number of hydrogen-bond donors (Lipinski definition) is 1. The Hall–Kier alpha value is -0.300. The molecular formula is C9H16O. The third-order valence-corrected chi connectivity index (χ3v) is 2.55. The first kappa shape index (κ1) is 7.80. The van der Waals surface area contributed by atoms with Gasteiger partial charge in [0.2, 0.25) is 0 Å². The molecule has 10 heavy (non-hydrogen) atoms. The van der Waals surface area contributed by atoms with Crippen LogP contribution in [0.15, 0.2) is 12.2 Å². The van der Waals surface area contributed by atoms with Crippen LogP contribution in [0.2, 0.25) is 0 Å². The summed E-state index contributed by atoms with van der Waals surface area (Å²) in [4.78, 5) is 0. The third-order valence-electron chi connectivity index (χ3n) is 2.55. The summed E-state index contributed by atoms with van der Waals surface area (Å²) < 4.78 is 0. The highest BCUT2D eigenvalue weighted by atomic mass is 16.3. The SMILES string of the molecule is C=C(C)C(CO)C1CCC1. The number of hydrogen-bond acceptors (Lipinski definition) is 1. The molecule has 0 aliphatic heterocycles. The minimum Gasteiger partial charge on any atom is -0.396 e. The van der Waals surface area contributed by atoms with Crippen molar-refractivity contribution in [3.8, 4) is 0 Å². The van der Waals surface area contributed by atoms with Crippen molar-refractivity contribution in [3.05, 3.63) is 12.2 Å². The van der Waals surface area contributed by atoms with Crippen molar-refractivity contribution in [1.29, 1.82) is 0 Å². The van der Waals surface area contributed by atoms with Gasteiger partial charge in [0.1, 0.15) is 0 Å². The van der Waals surface area contributed by atoms with E-state index in [1.165, 1.54) is 19.3 Å². The first-order valence-corrected chi connectivity index (χ1v) is 4.02. The van der Waals surface area contributed by atoms with Crippen molar-refractivity contribution in [2.45, 2.75) is 26.2 Å². The zero-order valence-corrected chi connectivity index (χ0v) is 6.64. The second-order valence-electron chi connectivity index (χ2n) is 3.33. The molecule has 1 N–H and O–H groups in total. The van der Waals surface area contributed by atoms with Crippen LogP contribution in [0.1, 0.15) is 26.2 Å². The van der Waals surface area contributed by atoms with Crippen molar-refractivity contribution in [1.82, 2.24) is 0 Å². The van der Waals surface area contributed by atoms with Gasteiger partial charge in [-0.2, -0.15) is 0 Å². The van der Waals surface area contributed by atoms with E-state index in [-0.39, 0.29) is 0 Å². The lowest BCUT2D eigenvalue weighted by Crippen LogP contribution is -2.25. The minimum absolute atomic E-state index is 0.292. The highest BCUT2D eigenvalue weighted by Gasteiger charge is 2.26. The highest BCUT2D eigenvalue weighted by Crippen LogP contribution is 2.36. The molecule has 0 aromatic carbocycles. The van der Waals surface area contributed by atoms with Crippen molar-refractivity contribution in [2.24, 2.45) is 11.8 Å². The maximum atomic E-state index is 8.97. The zero-order chi connectivity index (χ0) is 7.56. The van der Waals surface area contributed by atoms with Crippen LogP contribution in [-0.4, -0.2) is 11.7 Å². The summed E-state index contributed by atoms with van der Waals surface area (Å²) in [5, 5.41) is 8.97. The van der Waals surface area contributed by atoms with E-state index in [1.807, 2.05) is 6.92 Å². The predicted molar refractivity (Wildman–Crippen MR) is 42.7 cm³/mol. The molecule has 58 valence electrons. The largest absolute Gasteiger partial charge is 0.396 e. The van der Waals surface area contributed by atoms with Gasteiger partial charge in [0.15, 0.2) is 0 Å². The molecule has 1 aliphatic carbocycles. The lowest BCUT2D eigenvalue weighted by atomic mass is 9.74. The molecule has 1 unspecified atom stereocenters. The summed E-state index contributed by atoms with van der Waals surface area (Å²) in [6.45, 7) is 6.17.